The minimum Gasteiger partial charge on any atom is -0.456 e. The van der Waals surface area contributed by atoms with Gasteiger partial charge in [0.05, 0.1) is 5.69 Å². The molecule has 1 aliphatic rings. The summed E-state index contributed by atoms with van der Waals surface area (Å²) >= 11 is 6.97. The van der Waals surface area contributed by atoms with Crippen LogP contribution in [0.15, 0.2) is 116 Å². The first-order valence-electron chi connectivity index (χ1n) is 14.2. The molecule has 0 bridgehead atoms. The van der Waals surface area contributed by atoms with Crippen LogP contribution in [0.5, 0.6) is 5.75 Å². The molecular formula is C35H29Br2NO5S. The van der Waals surface area contributed by atoms with E-state index in [2.05, 4.69) is 61.9 Å². The van der Waals surface area contributed by atoms with E-state index in [1.54, 1.807) is 0 Å². The highest BCUT2D eigenvalue weighted by Crippen LogP contribution is 2.42. The minimum absolute atomic E-state index is 0.385. The fourth-order valence-electron chi connectivity index (χ4n) is 5.37. The van der Waals surface area contributed by atoms with E-state index in [1.807, 2.05) is 85.8 Å². The van der Waals surface area contributed by atoms with Crippen molar-refractivity contribution >= 4 is 64.7 Å². The van der Waals surface area contributed by atoms with Crippen molar-refractivity contribution < 1.29 is 22.1 Å². The van der Waals surface area contributed by atoms with Gasteiger partial charge in [-0.3, -0.25) is 4.55 Å². The van der Waals surface area contributed by atoms with Crippen LogP contribution in [-0.2, 0) is 15.9 Å². The largest absolute Gasteiger partial charge is 0.456 e. The van der Waals surface area contributed by atoms with Crippen molar-refractivity contribution in [2.24, 2.45) is 0 Å². The number of nitrogens with zero attached hydrogens (tertiary/aromatic N) is 1. The lowest BCUT2D eigenvalue weighted by Gasteiger charge is -2.16. The molecule has 0 spiro atoms. The summed E-state index contributed by atoms with van der Waals surface area (Å²) in [6.45, 7) is 4.78. The van der Waals surface area contributed by atoms with Crippen LogP contribution in [0.3, 0.4) is 0 Å². The molecule has 6 rings (SSSR count). The zero-order valence-corrected chi connectivity index (χ0v) is 28.0. The third-order valence-corrected chi connectivity index (χ3v) is 9.29. The van der Waals surface area contributed by atoms with Crippen molar-refractivity contribution in [3.8, 4) is 28.0 Å². The van der Waals surface area contributed by atoms with Crippen LogP contribution < -0.4 is 9.64 Å². The zero-order chi connectivity index (χ0) is 31.0. The number of furan rings is 1. The highest BCUT2D eigenvalue weighted by Gasteiger charge is 2.26. The molecule has 0 radical (unpaired) electrons. The lowest BCUT2D eigenvalue weighted by atomic mass is 10.0. The van der Waals surface area contributed by atoms with E-state index in [0.717, 1.165) is 48.2 Å². The van der Waals surface area contributed by atoms with E-state index in [1.165, 1.54) is 0 Å². The summed E-state index contributed by atoms with van der Waals surface area (Å²) in [5, 5.41) is 0.637. The van der Waals surface area contributed by atoms with Gasteiger partial charge >= 0.3 is 0 Å². The van der Waals surface area contributed by atoms with Gasteiger partial charge in [-0.15, -0.1) is 0 Å². The smallest absolute Gasteiger partial charge is 0.269 e. The van der Waals surface area contributed by atoms with Crippen molar-refractivity contribution in [1.82, 2.24) is 0 Å². The summed E-state index contributed by atoms with van der Waals surface area (Å²) in [6, 6.07) is 27.9. The Morgan fingerprint density at radius 1 is 0.841 bits per heavy atom. The van der Waals surface area contributed by atoms with Crippen molar-refractivity contribution in [3.05, 3.63) is 123 Å². The molecule has 9 heteroatoms. The van der Waals surface area contributed by atoms with Crippen LogP contribution in [0.4, 0.5) is 5.69 Å². The molecule has 1 N–H and O–H groups in total. The third kappa shape index (κ3) is 6.42. The lowest BCUT2D eigenvalue weighted by molar-refractivity contribution is 0.439. The lowest BCUT2D eigenvalue weighted by Crippen LogP contribution is -2.19. The standard InChI is InChI=1S/C35H29Br2NO5S/c1-3-22(18-35-38(4-2)31-20-26(10-16-33(31)43-35)24-7-13-28(37)14-8-24)17-34-30(21-44(39,40)41)29-19-25(9-15-32(29)42-34)23-5-11-27(36)12-6-23/h5-20H,3-4,21H2,1-2H3,(H,39,40,41)/b22-17-,35-18+. The van der Waals surface area contributed by atoms with Gasteiger partial charge < -0.3 is 14.1 Å². The SMILES string of the molecule is CCC(=C/c1oc2ccc(-c3ccc(Br)cc3)cc2c1CS(=O)(=O)O)/C=C1/Oc2ccc(-c3ccc(Br)cc3)cc2N1CC. The van der Waals surface area contributed by atoms with Gasteiger partial charge in [0, 0.05) is 32.5 Å². The molecular weight excluding hydrogens is 706 g/mol. The Hall–Kier alpha value is -3.63. The summed E-state index contributed by atoms with van der Waals surface area (Å²) in [5.74, 6) is 1.26. The monoisotopic (exact) mass is 733 g/mol. The number of allylic oxidation sites excluding steroid dienone is 2. The molecule has 0 aliphatic carbocycles. The van der Waals surface area contributed by atoms with E-state index < -0.39 is 15.9 Å². The van der Waals surface area contributed by atoms with Crippen molar-refractivity contribution in [1.29, 1.82) is 0 Å². The second-order valence-corrected chi connectivity index (χ2v) is 13.8. The summed E-state index contributed by atoms with van der Waals surface area (Å²) < 4.78 is 48.6. The second kappa shape index (κ2) is 12.4. The quantitative estimate of drug-likeness (QED) is 0.160. The predicted molar refractivity (Wildman–Crippen MR) is 184 cm³/mol. The number of rotatable bonds is 8. The number of hydrogen-bond acceptors (Lipinski definition) is 5. The number of fused-ring (bicyclic) bond motifs is 2. The maximum atomic E-state index is 12.1. The van der Waals surface area contributed by atoms with Gasteiger partial charge in [0.15, 0.2) is 5.75 Å². The Labute approximate surface area is 273 Å². The molecule has 0 saturated heterocycles. The highest BCUT2D eigenvalue weighted by molar-refractivity contribution is 9.10. The zero-order valence-electron chi connectivity index (χ0n) is 24.1. The maximum absolute atomic E-state index is 12.1. The Bertz CT molecular complexity index is 2030. The molecule has 224 valence electrons. The van der Waals surface area contributed by atoms with Crippen LogP contribution in [0.1, 0.15) is 31.6 Å². The number of benzene rings is 4. The number of ether oxygens (including phenoxy) is 1. The van der Waals surface area contributed by atoms with Crippen molar-refractivity contribution in [3.63, 3.8) is 0 Å². The van der Waals surface area contributed by atoms with Crippen LogP contribution in [0.2, 0.25) is 0 Å². The van der Waals surface area contributed by atoms with E-state index in [9.17, 15) is 13.0 Å². The molecule has 4 aromatic carbocycles. The first-order chi connectivity index (χ1) is 21.1. The Kier molecular flexibility index (Phi) is 8.57. The molecule has 1 aliphatic heterocycles. The first kappa shape index (κ1) is 30.4. The molecule has 44 heavy (non-hydrogen) atoms. The molecule has 0 saturated carbocycles. The molecule has 0 fully saturated rings. The Morgan fingerprint density at radius 2 is 1.43 bits per heavy atom. The van der Waals surface area contributed by atoms with Gasteiger partial charge in [0.1, 0.15) is 17.1 Å². The molecule has 2 heterocycles. The number of anilines is 1. The molecule has 0 unspecified atom stereocenters. The van der Waals surface area contributed by atoms with Gasteiger partial charge in [-0.1, -0.05) is 75.2 Å². The average molecular weight is 735 g/mol. The predicted octanol–water partition coefficient (Wildman–Crippen LogP) is 10.2. The molecule has 0 atom stereocenters. The topological polar surface area (TPSA) is 80.0 Å². The minimum atomic E-state index is -4.33. The molecule has 0 amide bonds. The summed E-state index contributed by atoms with van der Waals surface area (Å²) in [6.07, 6.45) is 4.43. The number of hydrogen-bond donors (Lipinski definition) is 1. The van der Waals surface area contributed by atoms with Gasteiger partial charge in [-0.05, 0) is 95.8 Å². The average Bonchev–Trinajstić information content (AvgIpc) is 3.52. The van der Waals surface area contributed by atoms with Gasteiger partial charge in [0.25, 0.3) is 10.1 Å². The Balaban J connectivity index is 1.39. The number of halogens is 2. The normalized spacial score (nSPS) is 14.3. The fraction of sp³-hybridized carbons (Fsp3) is 0.143. The molecule has 6 nitrogen and oxygen atoms in total. The summed E-state index contributed by atoms with van der Waals surface area (Å²) in [4.78, 5) is 2.11. The summed E-state index contributed by atoms with van der Waals surface area (Å²) in [5.41, 5.74) is 6.89. The molecule has 1 aromatic heterocycles. The highest BCUT2D eigenvalue weighted by atomic mass is 79.9. The maximum Gasteiger partial charge on any atom is 0.269 e. The summed E-state index contributed by atoms with van der Waals surface area (Å²) in [7, 11) is -4.33. The second-order valence-electron chi connectivity index (χ2n) is 10.5. The van der Waals surface area contributed by atoms with E-state index in [0.29, 0.717) is 41.1 Å². The van der Waals surface area contributed by atoms with Gasteiger partial charge in [0.2, 0.25) is 5.88 Å². The first-order valence-corrected chi connectivity index (χ1v) is 17.4. The Morgan fingerprint density at radius 3 is 2.02 bits per heavy atom. The van der Waals surface area contributed by atoms with Crippen molar-refractivity contribution in [2.45, 2.75) is 26.0 Å². The van der Waals surface area contributed by atoms with Gasteiger partial charge in [-0.2, -0.15) is 8.42 Å². The third-order valence-electron chi connectivity index (χ3n) is 7.58. The van der Waals surface area contributed by atoms with E-state index in [4.69, 9.17) is 9.15 Å². The fourth-order valence-corrected chi connectivity index (χ4v) is 6.56. The van der Waals surface area contributed by atoms with Crippen LogP contribution in [-0.4, -0.2) is 19.5 Å². The van der Waals surface area contributed by atoms with E-state index in [-0.39, 0.29) is 0 Å². The van der Waals surface area contributed by atoms with E-state index >= 15 is 0 Å². The van der Waals surface area contributed by atoms with Crippen molar-refractivity contribution in [2.75, 3.05) is 11.4 Å². The molecule has 5 aromatic rings. The van der Waals surface area contributed by atoms with Crippen LogP contribution in [0, 0.1) is 0 Å². The van der Waals surface area contributed by atoms with Crippen LogP contribution >= 0.6 is 31.9 Å². The van der Waals surface area contributed by atoms with Gasteiger partial charge in [-0.25, -0.2) is 0 Å². The van der Waals surface area contributed by atoms with Crippen LogP contribution in [0.25, 0.3) is 39.3 Å².